The summed E-state index contributed by atoms with van der Waals surface area (Å²) in [5.74, 6) is 1.65. The van der Waals surface area contributed by atoms with Gasteiger partial charge in [-0.3, -0.25) is 9.59 Å². The summed E-state index contributed by atoms with van der Waals surface area (Å²) in [5, 5.41) is 3.06. The Morgan fingerprint density at radius 1 is 1.12 bits per heavy atom. The van der Waals surface area contributed by atoms with Gasteiger partial charge in [-0.25, -0.2) is 0 Å². The molecule has 2 heterocycles. The van der Waals surface area contributed by atoms with Crippen molar-refractivity contribution in [2.45, 2.75) is 38.1 Å². The Labute approximate surface area is 141 Å². The summed E-state index contributed by atoms with van der Waals surface area (Å²) in [6.07, 6.45) is 4.56. The molecule has 0 radical (unpaired) electrons. The van der Waals surface area contributed by atoms with E-state index in [1.54, 1.807) is 4.90 Å². The molecular formula is C18H22N2O4. The topological polar surface area (TPSA) is 67.9 Å². The van der Waals surface area contributed by atoms with Crippen LogP contribution in [0, 0.1) is 5.92 Å². The molecule has 2 aliphatic heterocycles. The van der Waals surface area contributed by atoms with Crippen molar-refractivity contribution in [3.8, 4) is 11.5 Å². The molecule has 1 atom stereocenters. The number of anilines is 1. The number of rotatable bonds is 3. The number of hydrogen-bond donors (Lipinski definition) is 1. The van der Waals surface area contributed by atoms with E-state index in [0.717, 1.165) is 31.4 Å². The molecule has 1 unspecified atom stereocenters. The summed E-state index contributed by atoms with van der Waals surface area (Å²) in [6, 6.07) is 5.43. The predicted molar refractivity (Wildman–Crippen MR) is 88.3 cm³/mol. The molecule has 0 bridgehead atoms. The van der Waals surface area contributed by atoms with E-state index in [0.29, 0.717) is 37.7 Å². The molecular weight excluding hydrogens is 308 g/mol. The average Bonchev–Trinajstić information content (AvgIpc) is 3.24. The highest BCUT2D eigenvalue weighted by Gasteiger charge is 2.34. The zero-order chi connectivity index (χ0) is 16.5. The van der Waals surface area contributed by atoms with Crippen LogP contribution in [0.25, 0.3) is 0 Å². The van der Waals surface area contributed by atoms with Gasteiger partial charge in [-0.2, -0.15) is 0 Å². The molecule has 4 rings (SSSR count). The molecule has 3 aliphatic rings. The fraction of sp³-hybridized carbons (Fsp3) is 0.556. The number of ether oxygens (including phenoxy) is 2. The third-order valence-corrected chi connectivity index (χ3v) is 5.03. The first-order valence-corrected chi connectivity index (χ1v) is 8.71. The summed E-state index contributed by atoms with van der Waals surface area (Å²) in [6.45, 7) is 1.58. The van der Waals surface area contributed by atoms with Crippen LogP contribution >= 0.6 is 0 Å². The zero-order valence-corrected chi connectivity index (χ0v) is 13.6. The van der Waals surface area contributed by atoms with Gasteiger partial charge in [0.25, 0.3) is 0 Å². The van der Waals surface area contributed by atoms with Gasteiger partial charge in [0.1, 0.15) is 13.2 Å². The summed E-state index contributed by atoms with van der Waals surface area (Å²) < 4.78 is 11.1. The lowest BCUT2D eigenvalue weighted by Gasteiger charge is -2.22. The van der Waals surface area contributed by atoms with Crippen LogP contribution in [-0.2, 0) is 9.59 Å². The molecule has 0 aromatic heterocycles. The summed E-state index contributed by atoms with van der Waals surface area (Å²) in [7, 11) is 0. The quantitative estimate of drug-likeness (QED) is 0.919. The van der Waals surface area contributed by atoms with Crippen molar-refractivity contribution in [2.75, 3.05) is 24.7 Å². The van der Waals surface area contributed by atoms with Gasteiger partial charge < -0.3 is 19.7 Å². The molecule has 6 nitrogen and oxygen atoms in total. The van der Waals surface area contributed by atoms with E-state index in [1.807, 2.05) is 18.2 Å². The van der Waals surface area contributed by atoms with Crippen LogP contribution in [0.4, 0.5) is 5.69 Å². The van der Waals surface area contributed by atoms with Crippen LogP contribution in [0.5, 0.6) is 11.5 Å². The molecule has 1 aliphatic carbocycles. The van der Waals surface area contributed by atoms with Crippen molar-refractivity contribution in [1.82, 2.24) is 5.32 Å². The van der Waals surface area contributed by atoms with E-state index in [-0.39, 0.29) is 23.8 Å². The van der Waals surface area contributed by atoms with E-state index in [9.17, 15) is 9.59 Å². The largest absolute Gasteiger partial charge is 0.486 e. The van der Waals surface area contributed by atoms with Crippen LogP contribution in [0.2, 0.25) is 0 Å². The fourth-order valence-corrected chi connectivity index (χ4v) is 3.76. The zero-order valence-electron chi connectivity index (χ0n) is 13.6. The number of amides is 2. The Morgan fingerprint density at radius 3 is 2.67 bits per heavy atom. The van der Waals surface area contributed by atoms with Crippen molar-refractivity contribution in [2.24, 2.45) is 5.92 Å². The molecule has 1 aromatic rings. The van der Waals surface area contributed by atoms with Crippen molar-refractivity contribution in [1.29, 1.82) is 0 Å². The number of hydrogen-bond acceptors (Lipinski definition) is 4. The number of carbonyl (C=O) groups excluding carboxylic acids is 2. The first-order chi connectivity index (χ1) is 11.7. The molecule has 0 spiro atoms. The average molecular weight is 330 g/mol. The molecule has 1 saturated heterocycles. The van der Waals surface area contributed by atoms with Crippen LogP contribution in [0.1, 0.15) is 32.1 Å². The standard InChI is InChI=1S/C18H22N2O4/c21-17-9-13(19-18(22)12-3-1-2-4-12)11-20(17)14-5-6-15-16(10-14)24-8-7-23-15/h5-6,10,12-13H,1-4,7-9,11H2,(H,19,22). The van der Waals surface area contributed by atoms with Crippen molar-refractivity contribution < 1.29 is 19.1 Å². The second-order valence-corrected chi connectivity index (χ2v) is 6.72. The molecule has 1 N–H and O–H groups in total. The van der Waals surface area contributed by atoms with E-state index >= 15 is 0 Å². The number of carbonyl (C=O) groups is 2. The predicted octanol–water partition coefficient (Wildman–Crippen LogP) is 1.87. The Bertz CT molecular complexity index is 654. The SMILES string of the molecule is O=C(NC1CC(=O)N(c2ccc3c(c2)OCCO3)C1)C1CCCC1. The minimum Gasteiger partial charge on any atom is -0.486 e. The maximum atomic E-state index is 12.4. The number of benzene rings is 1. The Morgan fingerprint density at radius 2 is 1.88 bits per heavy atom. The Balaban J connectivity index is 1.43. The number of nitrogens with one attached hydrogen (secondary N) is 1. The highest BCUT2D eigenvalue weighted by molar-refractivity contribution is 5.97. The molecule has 1 aromatic carbocycles. The van der Waals surface area contributed by atoms with Gasteiger partial charge in [-0.15, -0.1) is 0 Å². The third-order valence-electron chi connectivity index (χ3n) is 5.03. The lowest BCUT2D eigenvalue weighted by Crippen LogP contribution is -2.40. The van der Waals surface area contributed by atoms with E-state index in [4.69, 9.17) is 9.47 Å². The van der Waals surface area contributed by atoms with E-state index in [2.05, 4.69) is 5.32 Å². The van der Waals surface area contributed by atoms with Crippen molar-refractivity contribution >= 4 is 17.5 Å². The molecule has 1 saturated carbocycles. The molecule has 128 valence electrons. The minimum absolute atomic E-state index is 0.0309. The minimum atomic E-state index is -0.112. The van der Waals surface area contributed by atoms with Gasteiger partial charge in [0.05, 0.1) is 6.04 Å². The number of nitrogens with zero attached hydrogens (tertiary/aromatic N) is 1. The van der Waals surface area contributed by atoms with Gasteiger partial charge in [-0.05, 0) is 25.0 Å². The van der Waals surface area contributed by atoms with Crippen molar-refractivity contribution in [3.05, 3.63) is 18.2 Å². The summed E-state index contributed by atoms with van der Waals surface area (Å²) in [4.78, 5) is 26.3. The van der Waals surface area contributed by atoms with Gasteiger partial charge in [0, 0.05) is 30.6 Å². The second-order valence-electron chi connectivity index (χ2n) is 6.72. The normalized spacial score (nSPS) is 23.6. The first kappa shape index (κ1) is 15.3. The summed E-state index contributed by atoms with van der Waals surface area (Å²) in [5.41, 5.74) is 0.793. The molecule has 2 amide bonds. The number of fused-ring (bicyclic) bond motifs is 1. The first-order valence-electron chi connectivity index (χ1n) is 8.71. The smallest absolute Gasteiger partial charge is 0.229 e. The maximum absolute atomic E-state index is 12.4. The molecule has 24 heavy (non-hydrogen) atoms. The lowest BCUT2D eigenvalue weighted by atomic mass is 10.1. The summed E-state index contributed by atoms with van der Waals surface area (Å²) >= 11 is 0. The Hall–Kier alpha value is -2.24. The monoisotopic (exact) mass is 330 g/mol. The van der Waals surface area contributed by atoms with Gasteiger partial charge >= 0.3 is 0 Å². The van der Waals surface area contributed by atoms with Gasteiger partial charge in [0.15, 0.2) is 11.5 Å². The van der Waals surface area contributed by atoms with Crippen LogP contribution < -0.4 is 19.7 Å². The van der Waals surface area contributed by atoms with Gasteiger partial charge in [0.2, 0.25) is 11.8 Å². The van der Waals surface area contributed by atoms with Gasteiger partial charge in [-0.1, -0.05) is 12.8 Å². The molecule has 2 fully saturated rings. The Kier molecular flexibility index (Phi) is 4.04. The third kappa shape index (κ3) is 2.92. The van der Waals surface area contributed by atoms with Crippen LogP contribution in [0.3, 0.4) is 0 Å². The maximum Gasteiger partial charge on any atom is 0.229 e. The fourth-order valence-electron chi connectivity index (χ4n) is 3.76. The van der Waals surface area contributed by atoms with E-state index < -0.39 is 0 Å². The highest BCUT2D eigenvalue weighted by atomic mass is 16.6. The van der Waals surface area contributed by atoms with E-state index in [1.165, 1.54) is 0 Å². The molecule has 6 heteroatoms. The van der Waals surface area contributed by atoms with Crippen LogP contribution in [0.15, 0.2) is 18.2 Å². The second kappa shape index (κ2) is 6.34. The van der Waals surface area contributed by atoms with Crippen LogP contribution in [-0.4, -0.2) is 37.6 Å². The van der Waals surface area contributed by atoms with Crippen molar-refractivity contribution in [3.63, 3.8) is 0 Å². The highest BCUT2D eigenvalue weighted by Crippen LogP contribution is 2.35. The lowest BCUT2D eigenvalue weighted by molar-refractivity contribution is -0.125.